The molecule has 0 saturated heterocycles. The predicted octanol–water partition coefficient (Wildman–Crippen LogP) is -0.343. The normalized spacial score (nSPS) is 10.7. The first kappa shape index (κ1) is 18.4. The summed E-state index contributed by atoms with van der Waals surface area (Å²) in [4.78, 5) is 53.7. The quantitative estimate of drug-likeness (QED) is 0.685. The molecular formula is C16H20N4O5. The number of hydrogen-bond donors (Lipinski definition) is 0. The van der Waals surface area contributed by atoms with Gasteiger partial charge in [-0.2, -0.15) is 0 Å². The molecule has 0 bridgehead atoms. The summed E-state index contributed by atoms with van der Waals surface area (Å²) >= 11 is 0. The molecule has 0 N–H and O–H groups in total. The molecule has 2 heterocycles. The number of nitrogens with zero attached hydrogens (tertiary/aromatic N) is 4. The zero-order valence-electron chi connectivity index (χ0n) is 14.6. The minimum absolute atomic E-state index is 0.0767. The second kappa shape index (κ2) is 7.29. The summed E-state index contributed by atoms with van der Waals surface area (Å²) in [5, 5.41) is 0.180. The molecule has 25 heavy (non-hydrogen) atoms. The van der Waals surface area contributed by atoms with Gasteiger partial charge in [-0.15, -0.1) is 0 Å². The van der Waals surface area contributed by atoms with E-state index < -0.39 is 17.2 Å². The van der Waals surface area contributed by atoms with Crippen LogP contribution >= 0.6 is 0 Å². The Morgan fingerprint density at radius 1 is 1.24 bits per heavy atom. The van der Waals surface area contributed by atoms with Gasteiger partial charge in [-0.1, -0.05) is 0 Å². The molecular weight excluding hydrogens is 328 g/mol. The number of carbonyl (C=O) groups is 2. The van der Waals surface area contributed by atoms with E-state index in [0.29, 0.717) is 6.54 Å². The van der Waals surface area contributed by atoms with Gasteiger partial charge < -0.3 is 9.64 Å². The highest BCUT2D eigenvalue weighted by molar-refractivity contribution is 5.96. The maximum absolute atomic E-state index is 12.6. The number of hydrogen-bond acceptors (Lipinski definition) is 6. The van der Waals surface area contributed by atoms with E-state index in [1.807, 2.05) is 0 Å². The second-order valence-corrected chi connectivity index (χ2v) is 5.51. The number of fused-ring (bicyclic) bond motifs is 1. The van der Waals surface area contributed by atoms with Gasteiger partial charge in [0.25, 0.3) is 11.5 Å². The molecule has 0 fully saturated rings. The van der Waals surface area contributed by atoms with Gasteiger partial charge in [0.2, 0.25) is 0 Å². The van der Waals surface area contributed by atoms with Crippen molar-refractivity contribution in [2.75, 3.05) is 20.2 Å². The van der Waals surface area contributed by atoms with Gasteiger partial charge in [-0.05, 0) is 13.0 Å². The number of rotatable bonds is 5. The van der Waals surface area contributed by atoms with Crippen LogP contribution in [0.5, 0.6) is 0 Å². The summed E-state index contributed by atoms with van der Waals surface area (Å²) in [7, 11) is 4.16. The Bertz CT molecular complexity index is 944. The van der Waals surface area contributed by atoms with Crippen LogP contribution in [0.25, 0.3) is 11.0 Å². The monoisotopic (exact) mass is 348 g/mol. The van der Waals surface area contributed by atoms with Crippen LogP contribution in [0.2, 0.25) is 0 Å². The van der Waals surface area contributed by atoms with E-state index in [9.17, 15) is 19.2 Å². The lowest BCUT2D eigenvalue weighted by Gasteiger charge is -2.20. The lowest BCUT2D eigenvalue weighted by atomic mass is 10.2. The SMILES string of the molecule is CCN(CCC(=O)OC)C(=O)c1cnc2c(c1)c(=O)n(C)c(=O)n2C. The van der Waals surface area contributed by atoms with E-state index >= 15 is 0 Å². The van der Waals surface area contributed by atoms with Crippen molar-refractivity contribution in [2.24, 2.45) is 14.1 Å². The number of aromatic nitrogens is 3. The van der Waals surface area contributed by atoms with Crippen molar-refractivity contribution in [1.82, 2.24) is 19.0 Å². The maximum Gasteiger partial charge on any atom is 0.332 e. The van der Waals surface area contributed by atoms with E-state index in [1.54, 1.807) is 6.92 Å². The number of pyridine rings is 1. The third-order valence-corrected chi connectivity index (χ3v) is 4.02. The van der Waals surface area contributed by atoms with E-state index in [2.05, 4.69) is 9.72 Å². The Morgan fingerprint density at radius 3 is 2.52 bits per heavy atom. The van der Waals surface area contributed by atoms with Crippen molar-refractivity contribution < 1.29 is 14.3 Å². The fourth-order valence-electron chi connectivity index (χ4n) is 2.50. The smallest absolute Gasteiger partial charge is 0.332 e. The predicted molar refractivity (Wildman–Crippen MR) is 90.4 cm³/mol. The van der Waals surface area contributed by atoms with Gasteiger partial charge in [0.15, 0.2) is 0 Å². The number of methoxy groups -OCH3 is 1. The summed E-state index contributed by atoms with van der Waals surface area (Å²) in [6, 6.07) is 1.42. The second-order valence-electron chi connectivity index (χ2n) is 5.51. The summed E-state index contributed by atoms with van der Waals surface area (Å²) in [6.07, 6.45) is 1.40. The molecule has 9 nitrogen and oxygen atoms in total. The molecule has 134 valence electrons. The molecule has 2 aromatic heterocycles. The van der Waals surface area contributed by atoms with Crippen LogP contribution in [0.4, 0.5) is 0 Å². The van der Waals surface area contributed by atoms with E-state index in [1.165, 1.54) is 42.9 Å². The largest absolute Gasteiger partial charge is 0.469 e. The number of amides is 1. The third-order valence-electron chi connectivity index (χ3n) is 4.02. The van der Waals surface area contributed by atoms with E-state index in [-0.39, 0.29) is 35.5 Å². The Balaban J connectivity index is 2.44. The molecule has 2 aromatic rings. The zero-order chi connectivity index (χ0) is 18.7. The van der Waals surface area contributed by atoms with Gasteiger partial charge in [0, 0.05) is 33.4 Å². The molecule has 0 aromatic carbocycles. The average molecular weight is 348 g/mol. The van der Waals surface area contributed by atoms with Crippen molar-refractivity contribution in [3.63, 3.8) is 0 Å². The molecule has 2 rings (SSSR count). The van der Waals surface area contributed by atoms with Gasteiger partial charge in [-0.3, -0.25) is 23.5 Å². The number of ether oxygens (including phenoxy) is 1. The molecule has 0 aliphatic carbocycles. The van der Waals surface area contributed by atoms with Crippen molar-refractivity contribution in [1.29, 1.82) is 0 Å². The van der Waals surface area contributed by atoms with Crippen LogP contribution in [0, 0.1) is 0 Å². The Labute approximate surface area is 143 Å². The summed E-state index contributed by atoms with van der Waals surface area (Å²) in [6.45, 7) is 2.37. The standard InChI is InChI=1S/C16H20N4O5/c1-5-20(7-6-12(21)25-4)14(22)10-8-11-13(17-9-10)18(2)16(24)19(3)15(11)23/h8-9H,5-7H2,1-4H3. The molecule has 0 atom stereocenters. The summed E-state index contributed by atoms with van der Waals surface area (Å²) in [5.74, 6) is -0.761. The van der Waals surface area contributed by atoms with Gasteiger partial charge in [0.1, 0.15) is 5.65 Å². The molecule has 0 spiro atoms. The molecule has 0 aliphatic heterocycles. The van der Waals surface area contributed by atoms with E-state index in [4.69, 9.17) is 0 Å². The van der Waals surface area contributed by atoms with Crippen molar-refractivity contribution in [3.05, 3.63) is 38.7 Å². The Kier molecular flexibility index (Phi) is 5.35. The average Bonchev–Trinajstić information content (AvgIpc) is 2.64. The van der Waals surface area contributed by atoms with E-state index in [0.717, 1.165) is 4.57 Å². The molecule has 0 saturated carbocycles. The minimum Gasteiger partial charge on any atom is -0.469 e. The lowest BCUT2D eigenvalue weighted by Crippen LogP contribution is -2.38. The highest BCUT2D eigenvalue weighted by Crippen LogP contribution is 2.10. The molecule has 0 radical (unpaired) electrons. The topological polar surface area (TPSA) is 104 Å². The molecule has 0 aliphatic rings. The third kappa shape index (κ3) is 3.44. The number of esters is 1. The van der Waals surface area contributed by atoms with Crippen LogP contribution in [0.3, 0.4) is 0 Å². The van der Waals surface area contributed by atoms with Crippen molar-refractivity contribution in [2.45, 2.75) is 13.3 Å². The van der Waals surface area contributed by atoms with Crippen LogP contribution < -0.4 is 11.2 Å². The Hall–Kier alpha value is -2.97. The minimum atomic E-state index is -0.516. The Morgan fingerprint density at radius 2 is 1.92 bits per heavy atom. The van der Waals surface area contributed by atoms with Gasteiger partial charge in [0.05, 0.1) is 24.5 Å². The molecule has 1 amide bonds. The first-order valence-corrected chi connectivity index (χ1v) is 7.73. The zero-order valence-corrected chi connectivity index (χ0v) is 14.6. The number of carbonyl (C=O) groups excluding carboxylic acids is 2. The van der Waals surface area contributed by atoms with Crippen LogP contribution in [0.1, 0.15) is 23.7 Å². The van der Waals surface area contributed by atoms with Crippen LogP contribution in [0.15, 0.2) is 21.9 Å². The molecule has 9 heteroatoms. The van der Waals surface area contributed by atoms with Gasteiger partial charge in [-0.25, -0.2) is 9.78 Å². The molecule has 0 unspecified atom stereocenters. The highest BCUT2D eigenvalue weighted by atomic mass is 16.5. The first-order chi connectivity index (χ1) is 11.8. The van der Waals surface area contributed by atoms with Crippen LogP contribution in [-0.4, -0.2) is 51.1 Å². The summed E-state index contributed by atoms with van der Waals surface area (Å²) in [5.41, 5.74) is -0.576. The van der Waals surface area contributed by atoms with Crippen LogP contribution in [-0.2, 0) is 23.6 Å². The number of aryl methyl sites for hydroxylation is 1. The highest BCUT2D eigenvalue weighted by Gasteiger charge is 2.18. The van der Waals surface area contributed by atoms with Crippen molar-refractivity contribution >= 4 is 22.9 Å². The lowest BCUT2D eigenvalue weighted by molar-refractivity contribution is -0.140. The van der Waals surface area contributed by atoms with Crippen molar-refractivity contribution in [3.8, 4) is 0 Å². The first-order valence-electron chi connectivity index (χ1n) is 7.73. The summed E-state index contributed by atoms with van der Waals surface area (Å²) < 4.78 is 6.79. The fourth-order valence-corrected chi connectivity index (χ4v) is 2.50. The fraction of sp³-hybridized carbons (Fsp3) is 0.438. The van der Waals surface area contributed by atoms with Gasteiger partial charge >= 0.3 is 11.7 Å². The maximum atomic E-state index is 12.6.